The van der Waals surface area contributed by atoms with Gasteiger partial charge in [0.05, 0.1) is 10.2 Å². The van der Waals surface area contributed by atoms with Crippen LogP contribution in [0.2, 0.25) is 0 Å². The van der Waals surface area contributed by atoms with E-state index in [2.05, 4.69) is 15.4 Å². The Morgan fingerprint density at radius 3 is 2.67 bits per heavy atom. The van der Waals surface area contributed by atoms with Crippen molar-refractivity contribution in [2.45, 2.75) is 24.7 Å². The first-order chi connectivity index (χ1) is 8.56. The molecule has 98 valence electrons. The predicted octanol–water partition coefficient (Wildman–Crippen LogP) is 1.54. The van der Waals surface area contributed by atoms with Gasteiger partial charge in [-0.2, -0.15) is 0 Å². The molecule has 0 spiro atoms. The zero-order valence-corrected chi connectivity index (χ0v) is 10.4. The highest BCUT2D eigenvalue weighted by atomic mass is 32.2. The lowest BCUT2D eigenvalue weighted by molar-refractivity contribution is 0.319. The van der Waals surface area contributed by atoms with E-state index in [-0.39, 0.29) is 22.2 Å². The van der Waals surface area contributed by atoms with Crippen LogP contribution in [0.3, 0.4) is 0 Å². The third-order valence-corrected chi connectivity index (χ3v) is 3.86. The number of hydrogen-bond acceptors (Lipinski definition) is 7. The molecule has 8 nitrogen and oxygen atoms in total. The van der Waals surface area contributed by atoms with Gasteiger partial charge in [-0.05, 0) is 18.6 Å². The highest BCUT2D eigenvalue weighted by Gasteiger charge is 2.22. The molecule has 0 radical (unpaired) electrons. The number of pyridine rings is 1. The maximum absolute atomic E-state index is 12.0. The van der Waals surface area contributed by atoms with Crippen molar-refractivity contribution in [3.63, 3.8) is 0 Å². The zero-order chi connectivity index (χ0) is 13.6. The normalized spacial score (nSPS) is 12.2. The molecule has 0 fully saturated rings. The fraction of sp³-hybridized carbons (Fsp3) is 0.333. The molecule has 1 heterocycles. The molecule has 0 unspecified atom stereocenters. The average Bonchev–Trinajstić information content (AvgIpc) is 2.36. The summed E-state index contributed by atoms with van der Waals surface area (Å²) in [6.45, 7) is 1.77. The maximum Gasteiger partial charge on any atom is 0.224 e. The summed E-state index contributed by atoms with van der Waals surface area (Å²) in [5.41, 5.74) is 2.04. The van der Waals surface area contributed by atoms with Crippen molar-refractivity contribution in [3.8, 4) is 0 Å². The van der Waals surface area contributed by atoms with Gasteiger partial charge in [-0.25, -0.2) is 18.8 Å². The Morgan fingerprint density at radius 2 is 2.22 bits per heavy atom. The number of sulfone groups is 1. The summed E-state index contributed by atoms with van der Waals surface area (Å²) in [7, 11) is -3.84. The van der Waals surface area contributed by atoms with E-state index in [1.165, 1.54) is 12.1 Å². The molecule has 1 aromatic rings. The number of nitrogens with one attached hydrogen (secondary N) is 1. The molecule has 0 aliphatic rings. The Balaban J connectivity index is 3.08. The molecule has 0 bridgehead atoms. The fourth-order valence-electron chi connectivity index (χ4n) is 1.24. The van der Waals surface area contributed by atoms with E-state index in [9.17, 15) is 13.3 Å². The minimum absolute atomic E-state index is 0.111. The summed E-state index contributed by atoms with van der Waals surface area (Å²) < 4.78 is 24.0. The van der Waals surface area contributed by atoms with Crippen molar-refractivity contribution in [3.05, 3.63) is 23.2 Å². The Labute approximate surface area is 104 Å². The van der Waals surface area contributed by atoms with Gasteiger partial charge >= 0.3 is 0 Å². The topological polar surface area (TPSA) is 121 Å². The van der Waals surface area contributed by atoms with Crippen molar-refractivity contribution < 1.29 is 13.6 Å². The first-order valence-corrected chi connectivity index (χ1v) is 6.55. The van der Waals surface area contributed by atoms with E-state index in [1.807, 2.05) is 5.43 Å². The van der Waals surface area contributed by atoms with Gasteiger partial charge in [0.2, 0.25) is 9.84 Å². The van der Waals surface area contributed by atoms with E-state index >= 15 is 0 Å². The largest absolute Gasteiger partial charge is 0.410 e. The first-order valence-electron chi connectivity index (χ1n) is 5.06. The van der Waals surface area contributed by atoms with Gasteiger partial charge in [0, 0.05) is 12.6 Å². The number of anilines is 1. The lowest BCUT2D eigenvalue weighted by atomic mass is 10.4. The molecule has 0 atom stereocenters. The number of rotatable bonds is 5. The molecule has 1 rings (SSSR count). The van der Waals surface area contributed by atoms with E-state index < -0.39 is 9.84 Å². The minimum atomic E-state index is -3.84. The summed E-state index contributed by atoms with van der Waals surface area (Å²) in [6.07, 6.45) is 1.72. The zero-order valence-electron chi connectivity index (χ0n) is 9.57. The van der Waals surface area contributed by atoms with E-state index in [4.69, 9.17) is 5.21 Å². The summed E-state index contributed by atoms with van der Waals surface area (Å²) in [4.78, 5) is 13.5. The van der Waals surface area contributed by atoms with Crippen LogP contribution < -0.4 is 5.43 Å². The van der Waals surface area contributed by atoms with E-state index in [0.717, 1.165) is 6.20 Å². The van der Waals surface area contributed by atoms with Gasteiger partial charge in [0.15, 0.2) is 5.04 Å². The van der Waals surface area contributed by atoms with Crippen molar-refractivity contribution in [1.29, 1.82) is 0 Å². The lowest BCUT2D eigenvalue weighted by Crippen LogP contribution is -2.15. The number of nitroso groups, excluding NO2 is 1. The number of nitrogens with zero attached hydrogens (tertiary/aromatic N) is 3. The van der Waals surface area contributed by atoms with Crippen molar-refractivity contribution in [2.24, 2.45) is 10.4 Å². The quantitative estimate of drug-likeness (QED) is 0.275. The van der Waals surface area contributed by atoms with Crippen LogP contribution in [0.4, 0.5) is 5.82 Å². The summed E-state index contributed by atoms with van der Waals surface area (Å²) in [5, 5.41) is 13.6. The third kappa shape index (κ3) is 3.00. The number of hydrogen-bond donors (Lipinski definition) is 2. The van der Waals surface area contributed by atoms with Crippen LogP contribution in [-0.2, 0) is 9.84 Å². The third-order valence-electron chi connectivity index (χ3n) is 2.09. The molecule has 0 aliphatic heterocycles. The SMILES string of the molecule is CCC/C(=N/O)S(=O)(=O)c1ccc(NN=O)nc1. The fourth-order valence-corrected chi connectivity index (χ4v) is 2.53. The van der Waals surface area contributed by atoms with Gasteiger partial charge in [-0.1, -0.05) is 12.1 Å². The van der Waals surface area contributed by atoms with E-state index in [1.54, 1.807) is 6.92 Å². The molecule has 0 saturated carbocycles. The number of aromatic nitrogens is 1. The molecule has 0 amide bonds. The summed E-state index contributed by atoms with van der Waals surface area (Å²) >= 11 is 0. The molecule has 1 aromatic heterocycles. The Kier molecular flexibility index (Phi) is 4.72. The van der Waals surface area contributed by atoms with Gasteiger partial charge in [0.25, 0.3) is 0 Å². The van der Waals surface area contributed by atoms with Crippen LogP contribution in [0.15, 0.2) is 33.7 Å². The van der Waals surface area contributed by atoms with E-state index in [0.29, 0.717) is 6.42 Å². The lowest BCUT2D eigenvalue weighted by Gasteiger charge is -2.05. The average molecular weight is 272 g/mol. The van der Waals surface area contributed by atoms with Gasteiger partial charge in [0.1, 0.15) is 5.82 Å². The molecular weight excluding hydrogens is 260 g/mol. The number of oxime groups is 1. The second kappa shape index (κ2) is 6.05. The Morgan fingerprint density at radius 1 is 1.50 bits per heavy atom. The molecule has 0 aromatic carbocycles. The van der Waals surface area contributed by atoms with Gasteiger partial charge < -0.3 is 5.21 Å². The van der Waals surface area contributed by atoms with Gasteiger partial charge in [-0.15, -0.1) is 4.91 Å². The summed E-state index contributed by atoms with van der Waals surface area (Å²) in [5.74, 6) is 0.127. The van der Waals surface area contributed by atoms with Crippen LogP contribution >= 0.6 is 0 Å². The molecule has 9 heteroatoms. The molecular formula is C9H12N4O4S. The van der Waals surface area contributed by atoms with Crippen LogP contribution in [0.25, 0.3) is 0 Å². The van der Waals surface area contributed by atoms with Crippen LogP contribution in [0.1, 0.15) is 19.8 Å². The minimum Gasteiger partial charge on any atom is -0.410 e. The smallest absolute Gasteiger partial charge is 0.224 e. The molecule has 18 heavy (non-hydrogen) atoms. The first kappa shape index (κ1) is 14.0. The highest BCUT2D eigenvalue weighted by molar-refractivity contribution is 8.06. The molecule has 0 aliphatic carbocycles. The van der Waals surface area contributed by atoms with Crippen molar-refractivity contribution in [1.82, 2.24) is 4.98 Å². The summed E-state index contributed by atoms with van der Waals surface area (Å²) in [6, 6.07) is 2.53. The second-order valence-electron chi connectivity index (χ2n) is 3.33. The highest BCUT2D eigenvalue weighted by Crippen LogP contribution is 2.16. The van der Waals surface area contributed by atoms with Crippen LogP contribution in [0, 0.1) is 4.91 Å². The molecule has 0 saturated heterocycles. The maximum atomic E-state index is 12.0. The monoisotopic (exact) mass is 272 g/mol. The van der Waals surface area contributed by atoms with Crippen LogP contribution in [0.5, 0.6) is 0 Å². The Hall–Kier alpha value is -2.03. The second-order valence-corrected chi connectivity index (χ2v) is 5.28. The van der Waals surface area contributed by atoms with Crippen molar-refractivity contribution >= 4 is 20.7 Å². The van der Waals surface area contributed by atoms with Crippen LogP contribution in [-0.4, -0.2) is 23.7 Å². The molecule has 2 N–H and O–H groups in total. The standard InChI is InChI=1S/C9H12N4O4S/c1-2-3-9(12-14)18(16,17)7-4-5-8(10-6-7)11-13-15/h4-6,14H,2-3H2,1H3,(H,10,11,15)/b12-9-. The van der Waals surface area contributed by atoms with Gasteiger partial charge in [-0.3, -0.25) is 0 Å². The predicted molar refractivity (Wildman–Crippen MR) is 65.0 cm³/mol. The van der Waals surface area contributed by atoms with Crippen molar-refractivity contribution in [2.75, 3.05) is 5.43 Å². The Bertz CT molecular complexity index is 538.